The van der Waals surface area contributed by atoms with Crippen LogP contribution < -0.4 is 5.32 Å². The van der Waals surface area contributed by atoms with Gasteiger partial charge in [0, 0.05) is 23.7 Å². The highest BCUT2D eigenvalue weighted by atomic mass is 16.6. The molecule has 0 aliphatic carbocycles. The molecule has 1 aliphatic heterocycles. The topological polar surface area (TPSA) is 67.5 Å². The Labute approximate surface area is 140 Å². The van der Waals surface area contributed by atoms with E-state index in [2.05, 4.69) is 19.2 Å². The van der Waals surface area contributed by atoms with Crippen molar-refractivity contribution in [1.29, 1.82) is 0 Å². The predicted molar refractivity (Wildman–Crippen MR) is 98.0 cm³/mol. The van der Waals surface area contributed by atoms with Gasteiger partial charge in [0.15, 0.2) is 0 Å². The van der Waals surface area contributed by atoms with Gasteiger partial charge in [-0.1, -0.05) is 24.3 Å². The number of nitrogens with zero attached hydrogens (tertiary/aromatic N) is 2. The fourth-order valence-corrected chi connectivity index (χ4v) is 2.81. The van der Waals surface area contributed by atoms with E-state index >= 15 is 0 Å². The second-order valence-corrected chi connectivity index (χ2v) is 6.46. The van der Waals surface area contributed by atoms with Crippen molar-refractivity contribution in [3.05, 3.63) is 70.3 Å². The van der Waals surface area contributed by atoms with E-state index in [0.717, 1.165) is 23.5 Å². The van der Waals surface area contributed by atoms with Crippen LogP contribution in [0.1, 0.15) is 25.8 Å². The Morgan fingerprint density at radius 2 is 1.83 bits per heavy atom. The number of rotatable bonds is 3. The van der Waals surface area contributed by atoms with Crippen LogP contribution >= 0.6 is 0 Å². The number of fused-ring (bicyclic) bond motifs is 1. The minimum Gasteiger partial charge on any atom is -0.378 e. The van der Waals surface area contributed by atoms with Crippen LogP contribution in [0, 0.1) is 10.1 Å². The van der Waals surface area contributed by atoms with Crippen LogP contribution in [-0.4, -0.2) is 16.2 Å². The van der Waals surface area contributed by atoms with Gasteiger partial charge in [-0.3, -0.25) is 15.1 Å². The molecule has 1 aliphatic rings. The molecule has 24 heavy (non-hydrogen) atoms. The molecule has 5 heteroatoms. The van der Waals surface area contributed by atoms with Crippen LogP contribution in [0.5, 0.6) is 0 Å². The van der Waals surface area contributed by atoms with Gasteiger partial charge in [-0.05, 0) is 44.2 Å². The molecule has 0 spiro atoms. The summed E-state index contributed by atoms with van der Waals surface area (Å²) in [6.07, 6.45) is 4.35. The first-order valence-corrected chi connectivity index (χ1v) is 7.81. The second-order valence-electron chi connectivity index (χ2n) is 6.46. The zero-order chi connectivity index (χ0) is 17.2. The molecule has 0 fully saturated rings. The number of anilines is 1. The highest BCUT2D eigenvalue weighted by molar-refractivity contribution is 6.02. The highest BCUT2D eigenvalue weighted by Gasteiger charge is 2.23. The normalized spacial score (nSPS) is 16.0. The third-order valence-corrected chi connectivity index (χ3v) is 3.85. The van der Waals surface area contributed by atoms with E-state index in [4.69, 9.17) is 4.99 Å². The van der Waals surface area contributed by atoms with Crippen molar-refractivity contribution in [1.82, 2.24) is 0 Å². The molecule has 0 amide bonds. The van der Waals surface area contributed by atoms with E-state index in [1.165, 1.54) is 6.07 Å². The van der Waals surface area contributed by atoms with Crippen LogP contribution in [0.3, 0.4) is 0 Å². The average molecular weight is 321 g/mol. The van der Waals surface area contributed by atoms with E-state index < -0.39 is 0 Å². The molecule has 0 saturated heterocycles. The third kappa shape index (κ3) is 3.51. The summed E-state index contributed by atoms with van der Waals surface area (Å²) < 4.78 is 0. The number of para-hydroxylation sites is 3. The zero-order valence-corrected chi connectivity index (χ0v) is 13.7. The summed E-state index contributed by atoms with van der Waals surface area (Å²) in [7, 11) is 0. The number of hydrogen-bond donors (Lipinski definition) is 1. The van der Waals surface area contributed by atoms with Gasteiger partial charge >= 0.3 is 0 Å². The molecule has 0 saturated carbocycles. The fraction of sp³-hybridized carbons (Fsp3) is 0.211. The molecule has 3 rings (SSSR count). The van der Waals surface area contributed by atoms with Crippen molar-refractivity contribution >= 4 is 28.8 Å². The van der Waals surface area contributed by atoms with Crippen LogP contribution in [0.4, 0.5) is 17.1 Å². The Kier molecular flexibility index (Phi) is 4.16. The summed E-state index contributed by atoms with van der Waals surface area (Å²) >= 11 is 0. The average Bonchev–Trinajstić information content (AvgIpc) is 2.67. The summed E-state index contributed by atoms with van der Waals surface area (Å²) in [5.74, 6) is 0. The molecular weight excluding hydrogens is 302 g/mol. The van der Waals surface area contributed by atoms with Crippen LogP contribution in [-0.2, 0) is 0 Å². The SMILES string of the molecule is CC1(C)CC(C=Cc2ccccc2[N+](=O)[O-])=Nc2ccccc2N1. The number of nitro benzene ring substituents is 1. The predicted octanol–water partition coefficient (Wildman–Crippen LogP) is 4.97. The van der Waals surface area contributed by atoms with Crippen molar-refractivity contribution in [3.8, 4) is 0 Å². The minimum atomic E-state index is -0.366. The summed E-state index contributed by atoms with van der Waals surface area (Å²) in [6.45, 7) is 4.23. The van der Waals surface area contributed by atoms with Gasteiger partial charge in [0.2, 0.25) is 0 Å². The van der Waals surface area contributed by atoms with Gasteiger partial charge in [0.25, 0.3) is 5.69 Å². The molecule has 2 aromatic carbocycles. The molecular formula is C19H19N3O2. The van der Waals surface area contributed by atoms with Crippen molar-refractivity contribution in [2.45, 2.75) is 25.8 Å². The molecule has 0 aromatic heterocycles. The van der Waals surface area contributed by atoms with Crippen molar-refractivity contribution in [2.24, 2.45) is 4.99 Å². The monoisotopic (exact) mass is 321 g/mol. The number of nitrogens with one attached hydrogen (secondary N) is 1. The van der Waals surface area contributed by atoms with Gasteiger partial charge in [-0.25, -0.2) is 0 Å². The molecule has 1 N–H and O–H groups in total. The van der Waals surface area contributed by atoms with Crippen LogP contribution in [0.2, 0.25) is 0 Å². The van der Waals surface area contributed by atoms with Gasteiger partial charge in [-0.15, -0.1) is 0 Å². The third-order valence-electron chi connectivity index (χ3n) is 3.85. The summed E-state index contributed by atoms with van der Waals surface area (Å²) in [4.78, 5) is 15.5. The highest BCUT2D eigenvalue weighted by Crippen LogP contribution is 2.32. The first kappa shape index (κ1) is 15.9. The van der Waals surface area contributed by atoms with Gasteiger partial charge < -0.3 is 5.32 Å². The van der Waals surface area contributed by atoms with Crippen molar-refractivity contribution in [3.63, 3.8) is 0 Å². The summed E-state index contributed by atoms with van der Waals surface area (Å²) in [5.41, 5.74) is 3.28. The molecule has 2 aromatic rings. The summed E-state index contributed by atoms with van der Waals surface area (Å²) in [6, 6.07) is 14.6. The smallest absolute Gasteiger partial charge is 0.276 e. The van der Waals surface area contributed by atoms with Gasteiger partial charge in [0.05, 0.1) is 21.9 Å². The van der Waals surface area contributed by atoms with E-state index in [1.807, 2.05) is 30.3 Å². The summed E-state index contributed by atoms with van der Waals surface area (Å²) in [5, 5.41) is 14.6. The van der Waals surface area contributed by atoms with E-state index in [1.54, 1.807) is 24.3 Å². The van der Waals surface area contributed by atoms with Crippen LogP contribution in [0.25, 0.3) is 6.08 Å². The Balaban J connectivity index is 1.97. The maximum absolute atomic E-state index is 11.1. The first-order valence-electron chi connectivity index (χ1n) is 7.81. The Bertz CT molecular complexity index is 838. The number of aliphatic imine (C=N–C) groups is 1. The van der Waals surface area contributed by atoms with E-state index in [-0.39, 0.29) is 16.1 Å². The molecule has 1 heterocycles. The maximum atomic E-state index is 11.1. The second kappa shape index (κ2) is 6.28. The largest absolute Gasteiger partial charge is 0.378 e. The van der Waals surface area contributed by atoms with Gasteiger partial charge in [0.1, 0.15) is 0 Å². The van der Waals surface area contributed by atoms with E-state index in [0.29, 0.717) is 5.56 Å². The van der Waals surface area contributed by atoms with Crippen molar-refractivity contribution < 1.29 is 4.92 Å². The van der Waals surface area contributed by atoms with Crippen molar-refractivity contribution in [2.75, 3.05) is 5.32 Å². The molecule has 122 valence electrons. The number of hydrogen-bond acceptors (Lipinski definition) is 4. The lowest BCUT2D eigenvalue weighted by Crippen LogP contribution is -2.32. The molecule has 0 radical (unpaired) electrons. The molecule has 0 atom stereocenters. The number of nitro groups is 1. The molecule has 5 nitrogen and oxygen atoms in total. The van der Waals surface area contributed by atoms with Crippen LogP contribution in [0.15, 0.2) is 59.6 Å². The number of allylic oxidation sites excluding steroid dienone is 1. The van der Waals surface area contributed by atoms with Gasteiger partial charge in [-0.2, -0.15) is 0 Å². The lowest BCUT2D eigenvalue weighted by Gasteiger charge is -2.25. The lowest BCUT2D eigenvalue weighted by molar-refractivity contribution is -0.385. The minimum absolute atomic E-state index is 0.0979. The Morgan fingerprint density at radius 1 is 1.12 bits per heavy atom. The standard InChI is InChI=1S/C19H19N3O2/c1-19(2)13-15(20-16-8-4-5-9-17(16)21-19)12-11-14-7-3-6-10-18(14)22(23)24/h3-12,21H,13H2,1-2H3. The van der Waals surface area contributed by atoms with E-state index in [9.17, 15) is 10.1 Å². The Morgan fingerprint density at radius 3 is 2.62 bits per heavy atom. The fourth-order valence-electron chi connectivity index (χ4n) is 2.81. The zero-order valence-electron chi connectivity index (χ0n) is 13.7. The maximum Gasteiger partial charge on any atom is 0.276 e. The number of benzene rings is 2. The molecule has 0 unspecified atom stereocenters. The quantitative estimate of drug-likeness (QED) is 0.640. The molecule has 0 bridgehead atoms. The Hall–Kier alpha value is -2.95. The first-order chi connectivity index (χ1) is 11.4. The lowest BCUT2D eigenvalue weighted by atomic mass is 9.96.